The Bertz CT molecular complexity index is 1180. The van der Waals surface area contributed by atoms with Crippen LogP contribution in [0.4, 0.5) is 18.9 Å². The molecule has 0 saturated carbocycles. The molecule has 0 bridgehead atoms. The molecule has 0 fully saturated rings. The molecule has 11 heteroatoms. The normalized spacial score (nSPS) is 11.9. The van der Waals surface area contributed by atoms with Crippen LogP contribution in [0.3, 0.4) is 0 Å². The molecule has 0 unspecified atom stereocenters. The summed E-state index contributed by atoms with van der Waals surface area (Å²) in [7, 11) is -3.86. The largest absolute Gasteiger partial charge is 0.492 e. The molecule has 32 heavy (non-hydrogen) atoms. The van der Waals surface area contributed by atoms with Crippen molar-refractivity contribution in [3.8, 4) is 5.75 Å². The molecule has 1 amide bonds. The number of ether oxygens (including phenoxy) is 1. The van der Waals surface area contributed by atoms with Crippen LogP contribution in [0.2, 0.25) is 0 Å². The molecule has 170 valence electrons. The number of halogens is 3. The molecular formula is C21H19F3N2O5S. The number of rotatable bonds is 8. The zero-order valence-corrected chi connectivity index (χ0v) is 17.6. The number of hydrogen-bond donors (Lipinski definition) is 2. The molecule has 0 radical (unpaired) electrons. The van der Waals surface area contributed by atoms with Crippen molar-refractivity contribution in [3.63, 3.8) is 0 Å². The first kappa shape index (κ1) is 23.4. The number of carbonyl (C=O) groups is 1. The first-order valence-electron chi connectivity index (χ1n) is 9.37. The van der Waals surface area contributed by atoms with E-state index < -0.39 is 27.7 Å². The minimum absolute atomic E-state index is 0.0483. The van der Waals surface area contributed by atoms with Gasteiger partial charge in [0.25, 0.3) is 5.91 Å². The monoisotopic (exact) mass is 468 g/mol. The van der Waals surface area contributed by atoms with E-state index in [4.69, 9.17) is 9.15 Å². The maximum Gasteiger partial charge on any atom is 0.416 e. The summed E-state index contributed by atoms with van der Waals surface area (Å²) in [6.07, 6.45) is -3.18. The highest BCUT2D eigenvalue weighted by atomic mass is 32.2. The van der Waals surface area contributed by atoms with Gasteiger partial charge in [0.1, 0.15) is 11.5 Å². The van der Waals surface area contributed by atoms with Crippen LogP contribution in [0, 0.1) is 0 Å². The zero-order chi connectivity index (χ0) is 23.4. The summed E-state index contributed by atoms with van der Waals surface area (Å²) in [4.78, 5) is 12.5. The van der Waals surface area contributed by atoms with Gasteiger partial charge in [-0.1, -0.05) is 0 Å². The average molecular weight is 468 g/mol. The van der Waals surface area contributed by atoms with Gasteiger partial charge in [-0.2, -0.15) is 13.2 Å². The fourth-order valence-corrected chi connectivity index (χ4v) is 3.72. The molecule has 0 aliphatic rings. The molecular weight excluding hydrogens is 449 g/mol. The molecule has 2 N–H and O–H groups in total. The predicted molar refractivity (Wildman–Crippen MR) is 110 cm³/mol. The van der Waals surface area contributed by atoms with Crippen LogP contribution in [0.1, 0.15) is 28.6 Å². The van der Waals surface area contributed by atoms with Crippen molar-refractivity contribution < 1.29 is 35.5 Å². The number of carbonyl (C=O) groups excluding carboxylic acids is 1. The second-order valence-corrected chi connectivity index (χ2v) is 8.29. The van der Waals surface area contributed by atoms with E-state index in [-0.39, 0.29) is 35.0 Å². The first-order valence-corrected chi connectivity index (χ1v) is 10.9. The SMILES string of the molecule is CCOc1ccc(C(F)(F)F)cc1NC(=O)c1ccc(S(=O)(=O)NCc2ccco2)cc1. The van der Waals surface area contributed by atoms with Crippen molar-refractivity contribution in [3.05, 3.63) is 77.7 Å². The number of nitrogens with one attached hydrogen (secondary N) is 2. The van der Waals surface area contributed by atoms with E-state index in [1.54, 1.807) is 19.1 Å². The summed E-state index contributed by atoms with van der Waals surface area (Å²) in [5, 5.41) is 2.38. The van der Waals surface area contributed by atoms with Gasteiger partial charge < -0.3 is 14.5 Å². The number of sulfonamides is 1. The Labute approximate surface area is 182 Å². The summed E-state index contributed by atoms with van der Waals surface area (Å²) in [5.41, 5.74) is -1.04. The van der Waals surface area contributed by atoms with Crippen LogP contribution in [-0.2, 0) is 22.7 Å². The van der Waals surface area contributed by atoms with Crippen LogP contribution in [0.5, 0.6) is 5.75 Å². The molecule has 0 spiro atoms. The molecule has 0 atom stereocenters. The number of benzene rings is 2. The van der Waals surface area contributed by atoms with Crippen molar-refractivity contribution in [2.45, 2.75) is 24.5 Å². The van der Waals surface area contributed by atoms with Gasteiger partial charge >= 0.3 is 6.18 Å². The van der Waals surface area contributed by atoms with Gasteiger partial charge in [0.15, 0.2) is 0 Å². The minimum Gasteiger partial charge on any atom is -0.492 e. The first-order chi connectivity index (χ1) is 15.1. The molecule has 3 rings (SSSR count). The van der Waals surface area contributed by atoms with E-state index in [1.165, 1.54) is 30.5 Å². The maximum absolute atomic E-state index is 13.0. The van der Waals surface area contributed by atoms with Gasteiger partial charge in [0, 0.05) is 5.56 Å². The topological polar surface area (TPSA) is 97.6 Å². The van der Waals surface area contributed by atoms with E-state index in [2.05, 4.69) is 10.0 Å². The van der Waals surface area contributed by atoms with Crippen LogP contribution in [0.15, 0.2) is 70.2 Å². The van der Waals surface area contributed by atoms with E-state index in [0.29, 0.717) is 5.76 Å². The summed E-state index contributed by atoms with van der Waals surface area (Å²) in [6.45, 7) is 1.79. The standard InChI is InChI=1S/C21H19F3N2O5S/c1-2-30-19-10-7-15(21(22,23)24)12-18(19)26-20(27)14-5-8-17(9-6-14)32(28,29)25-13-16-4-3-11-31-16/h3-12,25H,2,13H2,1H3,(H,26,27). The molecule has 0 saturated heterocycles. The summed E-state index contributed by atoms with van der Waals surface area (Å²) in [6, 6.07) is 10.9. The van der Waals surface area contributed by atoms with Crippen LogP contribution >= 0.6 is 0 Å². The van der Waals surface area contributed by atoms with Crippen molar-refractivity contribution in [2.24, 2.45) is 0 Å². The quantitative estimate of drug-likeness (QED) is 0.510. The van der Waals surface area contributed by atoms with Gasteiger partial charge in [-0.3, -0.25) is 4.79 Å². The Hall–Kier alpha value is -3.31. The lowest BCUT2D eigenvalue weighted by Crippen LogP contribution is -2.23. The van der Waals surface area contributed by atoms with E-state index in [9.17, 15) is 26.4 Å². The summed E-state index contributed by atoms with van der Waals surface area (Å²) >= 11 is 0. The number of alkyl halides is 3. The molecule has 0 aliphatic carbocycles. The van der Waals surface area contributed by atoms with Crippen molar-refractivity contribution in [2.75, 3.05) is 11.9 Å². The minimum atomic E-state index is -4.59. The molecule has 1 aromatic heterocycles. The molecule has 7 nitrogen and oxygen atoms in total. The Balaban J connectivity index is 1.76. The Morgan fingerprint density at radius 1 is 1.09 bits per heavy atom. The Kier molecular flexibility index (Phi) is 6.90. The fraction of sp³-hybridized carbons (Fsp3) is 0.190. The maximum atomic E-state index is 13.0. The molecule has 3 aromatic rings. The van der Waals surface area contributed by atoms with E-state index in [0.717, 1.165) is 18.2 Å². The highest BCUT2D eigenvalue weighted by Gasteiger charge is 2.31. The second kappa shape index (κ2) is 9.45. The third-order valence-electron chi connectivity index (χ3n) is 4.30. The van der Waals surface area contributed by atoms with Gasteiger partial charge in [-0.05, 0) is 61.5 Å². The van der Waals surface area contributed by atoms with Crippen LogP contribution in [-0.4, -0.2) is 20.9 Å². The summed E-state index contributed by atoms with van der Waals surface area (Å²) in [5.74, 6) is -0.219. The highest BCUT2D eigenvalue weighted by molar-refractivity contribution is 7.89. The van der Waals surface area contributed by atoms with Gasteiger partial charge in [0.05, 0.1) is 35.6 Å². The molecule has 0 aliphatic heterocycles. The van der Waals surface area contributed by atoms with Gasteiger partial charge in [-0.25, -0.2) is 13.1 Å². The number of amides is 1. The third kappa shape index (κ3) is 5.68. The van der Waals surface area contributed by atoms with E-state index in [1.807, 2.05) is 0 Å². The molecule has 1 heterocycles. The van der Waals surface area contributed by atoms with Crippen molar-refractivity contribution in [1.82, 2.24) is 4.72 Å². The predicted octanol–water partition coefficient (Wildman–Crippen LogP) is 4.43. The fourth-order valence-electron chi connectivity index (χ4n) is 2.73. The highest BCUT2D eigenvalue weighted by Crippen LogP contribution is 2.35. The smallest absolute Gasteiger partial charge is 0.416 e. The summed E-state index contributed by atoms with van der Waals surface area (Å²) < 4.78 is 76.6. The Morgan fingerprint density at radius 3 is 2.41 bits per heavy atom. The van der Waals surface area contributed by atoms with Gasteiger partial charge in [0.2, 0.25) is 10.0 Å². The Morgan fingerprint density at radius 2 is 1.81 bits per heavy atom. The van der Waals surface area contributed by atoms with Gasteiger partial charge in [-0.15, -0.1) is 0 Å². The molecule has 2 aromatic carbocycles. The lowest BCUT2D eigenvalue weighted by molar-refractivity contribution is -0.137. The van der Waals surface area contributed by atoms with E-state index >= 15 is 0 Å². The number of furan rings is 1. The zero-order valence-electron chi connectivity index (χ0n) is 16.8. The average Bonchev–Trinajstić information content (AvgIpc) is 3.27. The number of anilines is 1. The lowest BCUT2D eigenvalue weighted by Gasteiger charge is -2.15. The number of hydrogen-bond acceptors (Lipinski definition) is 5. The van der Waals surface area contributed by atoms with Crippen molar-refractivity contribution in [1.29, 1.82) is 0 Å². The second-order valence-electron chi connectivity index (χ2n) is 6.52. The lowest BCUT2D eigenvalue weighted by atomic mass is 10.1. The van der Waals surface area contributed by atoms with Crippen LogP contribution < -0.4 is 14.8 Å². The third-order valence-corrected chi connectivity index (χ3v) is 5.72. The van der Waals surface area contributed by atoms with Crippen LogP contribution in [0.25, 0.3) is 0 Å². The van der Waals surface area contributed by atoms with Crippen molar-refractivity contribution >= 4 is 21.6 Å².